The van der Waals surface area contributed by atoms with Gasteiger partial charge in [-0.15, -0.1) is 0 Å². The van der Waals surface area contributed by atoms with E-state index in [0.29, 0.717) is 0 Å². The maximum Gasteiger partial charge on any atom is 0.0787 e. The van der Waals surface area contributed by atoms with Gasteiger partial charge in [-0.25, -0.2) is 4.98 Å². The molecule has 0 saturated heterocycles. The largest absolute Gasteiger partial charge is 0.247 e. The molecule has 0 bridgehead atoms. The Hall–Kier alpha value is -2.15. The molecular formula is C17H15N. The summed E-state index contributed by atoms with van der Waals surface area (Å²) in [4.78, 5) is 4.80. The maximum absolute atomic E-state index is 4.80. The van der Waals surface area contributed by atoms with Crippen LogP contribution >= 0.6 is 0 Å². The van der Waals surface area contributed by atoms with Gasteiger partial charge in [0.15, 0.2) is 0 Å². The highest BCUT2D eigenvalue weighted by Gasteiger charge is 2.08. The Labute approximate surface area is 107 Å². The minimum Gasteiger partial charge on any atom is -0.247 e. The molecule has 0 fully saturated rings. The van der Waals surface area contributed by atoms with Gasteiger partial charge in [0.1, 0.15) is 0 Å². The van der Waals surface area contributed by atoms with Gasteiger partial charge in [0, 0.05) is 16.3 Å². The predicted octanol–water partition coefficient (Wildman–Crippen LogP) is 4.65. The molecule has 0 N–H and O–H groups in total. The summed E-state index contributed by atoms with van der Waals surface area (Å²) in [6.07, 6.45) is 1.90. The molecule has 3 aromatic rings. The highest BCUT2D eigenvalue weighted by Crippen LogP contribution is 2.29. The minimum atomic E-state index is 1.05. The smallest absolute Gasteiger partial charge is 0.0787 e. The zero-order valence-corrected chi connectivity index (χ0v) is 10.7. The van der Waals surface area contributed by atoms with Crippen molar-refractivity contribution in [1.82, 2.24) is 4.98 Å². The highest BCUT2D eigenvalue weighted by atomic mass is 14.7. The normalized spacial score (nSPS) is 11.0. The van der Waals surface area contributed by atoms with Crippen LogP contribution in [-0.2, 0) is 0 Å². The van der Waals surface area contributed by atoms with E-state index in [4.69, 9.17) is 4.98 Å². The van der Waals surface area contributed by atoms with Gasteiger partial charge in [-0.05, 0) is 31.0 Å². The van der Waals surface area contributed by atoms with Crippen molar-refractivity contribution < 1.29 is 0 Å². The van der Waals surface area contributed by atoms with Crippen molar-refractivity contribution in [2.24, 2.45) is 0 Å². The Morgan fingerprint density at radius 1 is 1.00 bits per heavy atom. The Morgan fingerprint density at radius 3 is 2.56 bits per heavy atom. The van der Waals surface area contributed by atoms with Crippen LogP contribution in [0.3, 0.4) is 0 Å². The monoisotopic (exact) mass is 233 g/mol. The standard InChI is InChI=1S/C17H15N/c1-4-13-11(2)9-10-15-12(3)14-7-5-6-8-16(14)18-17(13)15/h4-10H,1H2,2-3H3. The van der Waals surface area contributed by atoms with Crippen molar-refractivity contribution in [1.29, 1.82) is 0 Å². The van der Waals surface area contributed by atoms with Crippen LogP contribution in [0.2, 0.25) is 0 Å². The van der Waals surface area contributed by atoms with Gasteiger partial charge in [-0.1, -0.05) is 43.0 Å². The highest BCUT2D eigenvalue weighted by molar-refractivity contribution is 6.00. The third-order valence-electron chi connectivity index (χ3n) is 3.58. The first-order valence-electron chi connectivity index (χ1n) is 6.13. The van der Waals surface area contributed by atoms with Gasteiger partial charge in [-0.3, -0.25) is 0 Å². The van der Waals surface area contributed by atoms with Crippen LogP contribution in [-0.4, -0.2) is 4.98 Å². The van der Waals surface area contributed by atoms with E-state index in [0.717, 1.165) is 16.6 Å². The lowest BCUT2D eigenvalue weighted by Gasteiger charge is -2.10. The lowest BCUT2D eigenvalue weighted by Crippen LogP contribution is -1.92. The molecule has 3 rings (SSSR count). The number of aryl methyl sites for hydroxylation is 2. The number of pyridine rings is 1. The lowest BCUT2D eigenvalue weighted by atomic mass is 9.98. The first kappa shape index (κ1) is 11.0. The molecule has 88 valence electrons. The molecule has 2 aromatic carbocycles. The van der Waals surface area contributed by atoms with Gasteiger partial charge in [0.05, 0.1) is 11.0 Å². The van der Waals surface area contributed by atoms with Crippen molar-refractivity contribution in [3.63, 3.8) is 0 Å². The van der Waals surface area contributed by atoms with Gasteiger partial charge < -0.3 is 0 Å². The Balaban J connectivity index is 2.59. The van der Waals surface area contributed by atoms with Gasteiger partial charge >= 0.3 is 0 Å². The molecule has 0 radical (unpaired) electrons. The Kier molecular flexibility index (Phi) is 2.41. The van der Waals surface area contributed by atoms with Crippen molar-refractivity contribution >= 4 is 27.9 Å². The molecule has 18 heavy (non-hydrogen) atoms. The van der Waals surface area contributed by atoms with E-state index in [2.05, 4.69) is 50.8 Å². The van der Waals surface area contributed by atoms with Crippen LogP contribution in [0, 0.1) is 13.8 Å². The van der Waals surface area contributed by atoms with Crippen molar-refractivity contribution in [3.05, 3.63) is 59.7 Å². The van der Waals surface area contributed by atoms with E-state index in [1.54, 1.807) is 0 Å². The van der Waals surface area contributed by atoms with Crippen LogP contribution in [0.5, 0.6) is 0 Å². The van der Waals surface area contributed by atoms with Crippen molar-refractivity contribution in [2.75, 3.05) is 0 Å². The molecular weight excluding hydrogens is 218 g/mol. The summed E-state index contributed by atoms with van der Waals surface area (Å²) in [7, 11) is 0. The molecule has 0 saturated carbocycles. The van der Waals surface area contributed by atoms with Crippen LogP contribution in [0.15, 0.2) is 43.0 Å². The SMILES string of the molecule is C=Cc1c(C)ccc2c(C)c3ccccc3nc12. The van der Waals surface area contributed by atoms with E-state index < -0.39 is 0 Å². The average Bonchev–Trinajstić information content (AvgIpc) is 2.39. The maximum atomic E-state index is 4.80. The number of hydrogen-bond acceptors (Lipinski definition) is 1. The first-order chi connectivity index (χ1) is 8.72. The summed E-state index contributed by atoms with van der Waals surface area (Å²) in [6, 6.07) is 12.6. The van der Waals surface area contributed by atoms with Gasteiger partial charge in [-0.2, -0.15) is 0 Å². The number of aromatic nitrogens is 1. The molecule has 0 atom stereocenters. The number of nitrogens with zero attached hydrogens (tertiary/aromatic N) is 1. The Bertz CT molecular complexity index is 769. The number of para-hydroxylation sites is 1. The van der Waals surface area contributed by atoms with E-state index in [9.17, 15) is 0 Å². The molecule has 0 aliphatic heterocycles. The topological polar surface area (TPSA) is 12.9 Å². The third kappa shape index (κ3) is 1.44. The van der Waals surface area contributed by atoms with Gasteiger partial charge in [0.25, 0.3) is 0 Å². The Morgan fingerprint density at radius 2 is 1.78 bits per heavy atom. The zero-order chi connectivity index (χ0) is 12.7. The number of rotatable bonds is 1. The van der Waals surface area contributed by atoms with E-state index in [1.807, 2.05) is 12.1 Å². The minimum absolute atomic E-state index is 1.05. The number of hydrogen-bond donors (Lipinski definition) is 0. The van der Waals surface area contributed by atoms with E-state index >= 15 is 0 Å². The van der Waals surface area contributed by atoms with E-state index in [-0.39, 0.29) is 0 Å². The summed E-state index contributed by atoms with van der Waals surface area (Å²) in [5.41, 5.74) is 5.76. The summed E-state index contributed by atoms with van der Waals surface area (Å²) < 4.78 is 0. The van der Waals surface area contributed by atoms with E-state index in [1.165, 1.54) is 21.9 Å². The fourth-order valence-electron chi connectivity index (χ4n) is 2.54. The third-order valence-corrected chi connectivity index (χ3v) is 3.58. The van der Waals surface area contributed by atoms with Crippen LogP contribution < -0.4 is 0 Å². The predicted molar refractivity (Wildman–Crippen MR) is 78.8 cm³/mol. The lowest BCUT2D eigenvalue weighted by molar-refractivity contribution is 1.40. The molecule has 0 aliphatic carbocycles. The summed E-state index contributed by atoms with van der Waals surface area (Å²) >= 11 is 0. The second kappa shape index (κ2) is 3.95. The molecule has 0 unspecified atom stereocenters. The van der Waals surface area contributed by atoms with Crippen molar-refractivity contribution in [2.45, 2.75) is 13.8 Å². The number of fused-ring (bicyclic) bond motifs is 2. The molecule has 1 aromatic heterocycles. The quantitative estimate of drug-likeness (QED) is 0.557. The zero-order valence-electron chi connectivity index (χ0n) is 10.7. The van der Waals surface area contributed by atoms with Gasteiger partial charge in [0.2, 0.25) is 0 Å². The fraction of sp³-hybridized carbons (Fsp3) is 0.118. The average molecular weight is 233 g/mol. The summed E-state index contributed by atoms with van der Waals surface area (Å²) in [6.45, 7) is 8.17. The fourth-order valence-corrected chi connectivity index (χ4v) is 2.54. The summed E-state index contributed by atoms with van der Waals surface area (Å²) in [5.74, 6) is 0. The van der Waals surface area contributed by atoms with Crippen LogP contribution in [0.25, 0.3) is 27.9 Å². The van der Waals surface area contributed by atoms with Crippen molar-refractivity contribution in [3.8, 4) is 0 Å². The second-order valence-corrected chi connectivity index (χ2v) is 4.65. The molecule has 0 aliphatic rings. The summed E-state index contributed by atoms with van der Waals surface area (Å²) in [5, 5.41) is 2.44. The second-order valence-electron chi connectivity index (χ2n) is 4.65. The first-order valence-corrected chi connectivity index (χ1v) is 6.13. The molecule has 1 heteroatoms. The molecule has 1 nitrogen and oxygen atoms in total. The van der Waals surface area contributed by atoms with Crippen LogP contribution in [0.1, 0.15) is 16.7 Å². The molecule has 1 heterocycles. The molecule has 0 amide bonds. The molecule has 0 spiro atoms. The number of benzene rings is 2. The van der Waals surface area contributed by atoms with Crippen LogP contribution in [0.4, 0.5) is 0 Å².